The molecule has 0 aliphatic rings. The fourth-order valence-electron chi connectivity index (χ4n) is 2.02. The number of nitrogens with zero attached hydrogens (tertiary/aromatic N) is 1. The molecule has 2 rings (SSSR count). The van der Waals surface area contributed by atoms with Crippen LogP contribution in [-0.4, -0.2) is 31.2 Å². The van der Waals surface area contributed by atoms with Gasteiger partial charge in [0.15, 0.2) is 6.61 Å². The van der Waals surface area contributed by atoms with E-state index in [0.717, 1.165) is 0 Å². The molecule has 0 saturated carbocycles. The Morgan fingerprint density at radius 2 is 1.63 bits per heavy atom. The normalized spacial score (nSPS) is 10.9. The largest absolute Gasteiger partial charge is 0.497 e. The van der Waals surface area contributed by atoms with Crippen LogP contribution in [-0.2, 0) is 9.59 Å². The van der Waals surface area contributed by atoms with Gasteiger partial charge in [-0.2, -0.15) is 5.10 Å². The number of hydrogen-bond acceptors (Lipinski definition) is 5. The summed E-state index contributed by atoms with van der Waals surface area (Å²) in [5.41, 5.74) is 3.44. The van der Waals surface area contributed by atoms with Gasteiger partial charge in [0.2, 0.25) is 5.91 Å². The first-order valence-electron chi connectivity index (χ1n) is 8.10. The molecule has 7 nitrogen and oxygen atoms in total. The van der Waals surface area contributed by atoms with Gasteiger partial charge < -0.3 is 14.8 Å². The van der Waals surface area contributed by atoms with E-state index in [-0.39, 0.29) is 18.9 Å². The first-order valence-corrected chi connectivity index (χ1v) is 8.48. The fourth-order valence-corrected chi connectivity index (χ4v) is 2.15. The van der Waals surface area contributed by atoms with E-state index >= 15 is 0 Å². The summed E-state index contributed by atoms with van der Waals surface area (Å²) in [6.45, 7) is 1.45. The van der Waals surface area contributed by atoms with E-state index in [0.29, 0.717) is 27.9 Å². The molecule has 0 spiro atoms. The van der Waals surface area contributed by atoms with Gasteiger partial charge in [0, 0.05) is 16.4 Å². The van der Waals surface area contributed by atoms with Crippen molar-refractivity contribution < 1.29 is 19.1 Å². The standard InChI is InChI=1S/C19H20ClN3O4/c1-13(11-18(24)21-15-5-3-14(20)4-6-15)22-23-19(25)12-27-17-9-7-16(26-2)8-10-17/h3-10H,11-12H2,1-2H3,(H,21,24)(H,23,25)/b22-13+. The average molecular weight is 390 g/mol. The Morgan fingerprint density at radius 1 is 1.00 bits per heavy atom. The molecule has 0 aliphatic heterocycles. The smallest absolute Gasteiger partial charge is 0.277 e. The lowest BCUT2D eigenvalue weighted by Gasteiger charge is -2.07. The summed E-state index contributed by atoms with van der Waals surface area (Å²) in [6, 6.07) is 13.6. The molecule has 142 valence electrons. The van der Waals surface area contributed by atoms with E-state index in [2.05, 4.69) is 15.8 Å². The maximum Gasteiger partial charge on any atom is 0.277 e. The molecule has 2 aromatic carbocycles. The van der Waals surface area contributed by atoms with Crippen molar-refractivity contribution in [2.75, 3.05) is 19.0 Å². The number of ether oxygens (including phenoxy) is 2. The van der Waals surface area contributed by atoms with Gasteiger partial charge in [-0.25, -0.2) is 5.43 Å². The van der Waals surface area contributed by atoms with Crippen molar-refractivity contribution in [3.8, 4) is 11.5 Å². The number of hydrogen-bond donors (Lipinski definition) is 2. The van der Waals surface area contributed by atoms with Crippen LogP contribution in [0, 0.1) is 0 Å². The molecule has 27 heavy (non-hydrogen) atoms. The zero-order valence-electron chi connectivity index (χ0n) is 15.0. The number of methoxy groups -OCH3 is 1. The third kappa shape index (κ3) is 7.37. The van der Waals surface area contributed by atoms with Crippen LogP contribution in [0.2, 0.25) is 5.02 Å². The lowest BCUT2D eigenvalue weighted by atomic mass is 10.2. The number of carbonyl (C=O) groups excluding carboxylic acids is 2. The molecule has 0 saturated heterocycles. The highest BCUT2D eigenvalue weighted by atomic mass is 35.5. The van der Waals surface area contributed by atoms with Crippen molar-refractivity contribution in [2.45, 2.75) is 13.3 Å². The summed E-state index contributed by atoms with van der Waals surface area (Å²) < 4.78 is 10.4. The minimum Gasteiger partial charge on any atom is -0.497 e. The van der Waals surface area contributed by atoms with Crippen LogP contribution in [0.1, 0.15) is 13.3 Å². The molecular formula is C19H20ClN3O4. The van der Waals surface area contributed by atoms with E-state index < -0.39 is 5.91 Å². The predicted molar refractivity (Wildman–Crippen MR) is 104 cm³/mol. The summed E-state index contributed by atoms with van der Waals surface area (Å²) in [5.74, 6) is 0.559. The summed E-state index contributed by atoms with van der Waals surface area (Å²) in [4.78, 5) is 23.7. The van der Waals surface area contributed by atoms with Gasteiger partial charge in [-0.1, -0.05) is 11.6 Å². The number of hydrazone groups is 1. The number of benzene rings is 2. The second-order valence-corrected chi connectivity index (χ2v) is 6.01. The third-order valence-electron chi connectivity index (χ3n) is 3.35. The molecule has 0 atom stereocenters. The van der Waals surface area contributed by atoms with Crippen molar-refractivity contribution >= 4 is 34.8 Å². The second-order valence-electron chi connectivity index (χ2n) is 5.58. The maximum atomic E-state index is 11.9. The van der Waals surface area contributed by atoms with E-state index in [4.69, 9.17) is 21.1 Å². The van der Waals surface area contributed by atoms with Crippen LogP contribution in [0.25, 0.3) is 0 Å². The van der Waals surface area contributed by atoms with Gasteiger partial charge in [-0.3, -0.25) is 9.59 Å². The fraction of sp³-hybridized carbons (Fsp3) is 0.211. The Kier molecular flexibility index (Phi) is 7.63. The summed E-state index contributed by atoms with van der Waals surface area (Å²) in [7, 11) is 1.57. The molecule has 0 fully saturated rings. The van der Waals surface area contributed by atoms with Crippen LogP contribution >= 0.6 is 11.6 Å². The third-order valence-corrected chi connectivity index (χ3v) is 3.60. The first kappa shape index (κ1) is 20.3. The van der Waals surface area contributed by atoms with Crippen molar-refractivity contribution in [3.05, 3.63) is 53.6 Å². The predicted octanol–water partition coefficient (Wildman–Crippen LogP) is 3.25. The first-order chi connectivity index (χ1) is 13.0. The van der Waals surface area contributed by atoms with Gasteiger partial charge in [-0.05, 0) is 55.5 Å². The highest BCUT2D eigenvalue weighted by Crippen LogP contribution is 2.16. The Morgan fingerprint density at radius 3 is 2.26 bits per heavy atom. The van der Waals surface area contributed by atoms with Crippen LogP contribution in [0.3, 0.4) is 0 Å². The Labute approximate surface area is 162 Å². The molecule has 2 N–H and O–H groups in total. The number of rotatable bonds is 8. The molecule has 8 heteroatoms. The lowest BCUT2D eigenvalue weighted by molar-refractivity contribution is -0.123. The van der Waals surface area contributed by atoms with Crippen LogP contribution in [0.15, 0.2) is 53.6 Å². The van der Waals surface area contributed by atoms with E-state index in [1.165, 1.54) is 0 Å². The molecular weight excluding hydrogens is 370 g/mol. The molecule has 2 amide bonds. The molecule has 0 aromatic heterocycles. The van der Waals surface area contributed by atoms with Crippen LogP contribution in [0.4, 0.5) is 5.69 Å². The van der Waals surface area contributed by atoms with Crippen molar-refractivity contribution in [1.82, 2.24) is 5.43 Å². The molecule has 0 radical (unpaired) electrons. The highest BCUT2D eigenvalue weighted by Gasteiger charge is 2.06. The molecule has 0 unspecified atom stereocenters. The minimum absolute atomic E-state index is 0.0439. The number of carbonyl (C=O) groups is 2. The van der Waals surface area contributed by atoms with Gasteiger partial charge in [0.05, 0.1) is 13.5 Å². The van der Waals surface area contributed by atoms with Crippen molar-refractivity contribution in [1.29, 1.82) is 0 Å². The van der Waals surface area contributed by atoms with Gasteiger partial charge in [0.1, 0.15) is 11.5 Å². The number of halogens is 1. The van der Waals surface area contributed by atoms with Gasteiger partial charge >= 0.3 is 0 Å². The second kappa shape index (κ2) is 10.2. The average Bonchev–Trinajstić information content (AvgIpc) is 2.67. The Bertz CT molecular complexity index is 805. The van der Waals surface area contributed by atoms with Crippen LogP contribution < -0.4 is 20.2 Å². The van der Waals surface area contributed by atoms with Gasteiger partial charge in [-0.15, -0.1) is 0 Å². The van der Waals surface area contributed by atoms with Crippen LogP contribution in [0.5, 0.6) is 11.5 Å². The maximum absolute atomic E-state index is 11.9. The summed E-state index contributed by atoms with van der Waals surface area (Å²) >= 11 is 5.79. The molecule has 0 aliphatic carbocycles. The van der Waals surface area contributed by atoms with Crippen molar-refractivity contribution in [3.63, 3.8) is 0 Å². The quantitative estimate of drug-likeness (QED) is 0.535. The minimum atomic E-state index is -0.428. The monoisotopic (exact) mass is 389 g/mol. The van der Waals surface area contributed by atoms with Crippen molar-refractivity contribution in [2.24, 2.45) is 5.10 Å². The zero-order valence-corrected chi connectivity index (χ0v) is 15.7. The Hall–Kier alpha value is -3.06. The SMILES string of the molecule is COc1ccc(OCC(=O)N/N=C(\C)CC(=O)Nc2ccc(Cl)cc2)cc1. The van der Waals surface area contributed by atoms with E-state index in [1.807, 2.05) is 0 Å². The number of anilines is 1. The van der Waals surface area contributed by atoms with E-state index in [1.54, 1.807) is 62.6 Å². The zero-order chi connectivity index (χ0) is 19.6. The van der Waals surface area contributed by atoms with E-state index in [9.17, 15) is 9.59 Å². The number of nitrogens with one attached hydrogen (secondary N) is 2. The highest BCUT2D eigenvalue weighted by molar-refractivity contribution is 6.30. The summed E-state index contributed by atoms with van der Waals surface area (Å²) in [5, 5.41) is 7.20. The lowest BCUT2D eigenvalue weighted by Crippen LogP contribution is -2.26. The molecule has 2 aromatic rings. The topological polar surface area (TPSA) is 89.0 Å². The summed E-state index contributed by atoms with van der Waals surface area (Å²) in [6.07, 6.45) is 0.0439. The molecule has 0 heterocycles. The number of amides is 2. The Balaban J connectivity index is 1.73. The molecule has 0 bridgehead atoms. The van der Waals surface area contributed by atoms with Gasteiger partial charge in [0.25, 0.3) is 5.91 Å².